The molecule has 0 N–H and O–H groups in total. The molecule has 1 aliphatic rings. The molecule has 6 heteroatoms. The molecule has 0 spiro atoms. The van der Waals surface area contributed by atoms with Crippen molar-refractivity contribution in [3.63, 3.8) is 0 Å². The van der Waals surface area contributed by atoms with Crippen LogP contribution in [-0.4, -0.2) is 47.9 Å². The number of Topliss-reactive ketones (excluding diaryl/α,β-unsaturated/α-hetero) is 1. The fourth-order valence-corrected chi connectivity index (χ4v) is 4.26. The van der Waals surface area contributed by atoms with Crippen molar-refractivity contribution in [3.8, 4) is 0 Å². The third-order valence-corrected chi connectivity index (χ3v) is 6.20. The Kier molecular flexibility index (Phi) is 8.48. The van der Waals surface area contributed by atoms with E-state index in [-0.39, 0.29) is 23.3 Å². The molecule has 6 nitrogen and oxygen atoms in total. The summed E-state index contributed by atoms with van der Waals surface area (Å²) >= 11 is 0. The zero-order chi connectivity index (χ0) is 24.7. The Balaban J connectivity index is 1.43. The van der Waals surface area contributed by atoms with E-state index in [0.717, 1.165) is 24.1 Å². The number of benzene rings is 2. The molecule has 0 aliphatic carbocycles. The van der Waals surface area contributed by atoms with Gasteiger partial charge in [-0.25, -0.2) is 4.79 Å². The van der Waals surface area contributed by atoms with Crippen LogP contribution in [0.3, 0.4) is 0 Å². The van der Waals surface area contributed by atoms with E-state index in [1.165, 1.54) is 5.56 Å². The second-order valence-corrected chi connectivity index (χ2v) is 9.82. The van der Waals surface area contributed by atoms with Gasteiger partial charge in [0, 0.05) is 43.2 Å². The summed E-state index contributed by atoms with van der Waals surface area (Å²) in [6.07, 6.45) is 2.93. The van der Waals surface area contributed by atoms with E-state index >= 15 is 0 Å². The molecule has 0 aromatic heterocycles. The molecule has 1 aliphatic heterocycles. The van der Waals surface area contributed by atoms with Crippen molar-refractivity contribution in [2.24, 2.45) is 0 Å². The number of hydrogen-bond acceptors (Lipinski definition) is 4. The highest BCUT2D eigenvalue weighted by atomic mass is 16.6. The van der Waals surface area contributed by atoms with Gasteiger partial charge in [0.1, 0.15) is 0 Å². The Bertz CT molecular complexity index is 1010. The first-order valence-electron chi connectivity index (χ1n) is 12.1. The summed E-state index contributed by atoms with van der Waals surface area (Å²) in [5.41, 5.74) is 3.48. The van der Waals surface area contributed by atoms with E-state index in [4.69, 9.17) is 4.74 Å². The Hall–Kier alpha value is -3.15. The quantitative estimate of drug-likeness (QED) is 0.367. The van der Waals surface area contributed by atoms with Crippen LogP contribution in [0, 0.1) is 0 Å². The number of hydrogen-bond donors (Lipinski definition) is 0. The lowest BCUT2D eigenvalue weighted by Crippen LogP contribution is -2.47. The van der Waals surface area contributed by atoms with Crippen LogP contribution in [0.2, 0.25) is 0 Å². The molecule has 2 aromatic rings. The maximum absolute atomic E-state index is 12.7. The summed E-state index contributed by atoms with van der Waals surface area (Å²) in [5.74, 6) is 0.104. The lowest BCUT2D eigenvalue weighted by atomic mass is 10.0. The van der Waals surface area contributed by atoms with Crippen molar-refractivity contribution in [1.82, 2.24) is 4.90 Å². The molecule has 34 heavy (non-hydrogen) atoms. The molecule has 2 amide bonds. The van der Waals surface area contributed by atoms with Crippen molar-refractivity contribution in [2.45, 2.75) is 65.3 Å². The predicted octanol–water partition coefficient (Wildman–Crippen LogP) is 5.43. The number of anilines is 1. The standard InChI is InChI=1S/C28H36N2O4/c1-21(31)29-17-16-23-20-24(13-14-25(23)29)26(32)12-8-9-19-34-27(33)30(28(2,3)4)18-15-22-10-6-5-7-11-22/h5-7,10-11,13-14,20H,8-9,12,15-19H2,1-4H3. The molecule has 2 aromatic carbocycles. The van der Waals surface area contributed by atoms with Crippen molar-refractivity contribution < 1.29 is 19.1 Å². The lowest BCUT2D eigenvalue weighted by Gasteiger charge is -2.34. The first kappa shape index (κ1) is 25.5. The normalized spacial score (nSPS) is 12.9. The monoisotopic (exact) mass is 464 g/mol. The summed E-state index contributed by atoms with van der Waals surface area (Å²) in [5, 5.41) is 0. The van der Waals surface area contributed by atoms with E-state index in [0.29, 0.717) is 44.5 Å². The minimum absolute atomic E-state index is 0.0254. The molecule has 0 fully saturated rings. The summed E-state index contributed by atoms with van der Waals surface area (Å²) in [7, 11) is 0. The second kappa shape index (κ2) is 11.3. The number of fused-ring (bicyclic) bond motifs is 1. The highest BCUT2D eigenvalue weighted by molar-refractivity contribution is 5.98. The van der Waals surface area contributed by atoms with Gasteiger partial charge in [0.2, 0.25) is 5.91 Å². The predicted molar refractivity (Wildman–Crippen MR) is 134 cm³/mol. The number of rotatable bonds is 9. The smallest absolute Gasteiger partial charge is 0.410 e. The number of unbranched alkanes of at least 4 members (excludes halogenated alkanes) is 1. The molecular weight excluding hydrogens is 428 g/mol. The van der Waals surface area contributed by atoms with Gasteiger partial charge in [0.05, 0.1) is 6.61 Å². The third kappa shape index (κ3) is 6.69. The highest BCUT2D eigenvalue weighted by Crippen LogP contribution is 2.29. The van der Waals surface area contributed by atoms with Gasteiger partial charge in [-0.2, -0.15) is 0 Å². The number of amides is 2. The zero-order valence-corrected chi connectivity index (χ0v) is 20.8. The van der Waals surface area contributed by atoms with Crippen molar-refractivity contribution in [2.75, 3.05) is 24.6 Å². The van der Waals surface area contributed by atoms with E-state index in [1.54, 1.807) is 22.8 Å². The molecule has 3 rings (SSSR count). The number of ketones is 1. The fourth-order valence-electron chi connectivity index (χ4n) is 4.26. The maximum Gasteiger partial charge on any atom is 0.410 e. The SMILES string of the molecule is CC(=O)N1CCc2cc(C(=O)CCCCOC(=O)N(CCc3ccccc3)C(C)(C)C)ccc21. The summed E-state index contributed by atoms with van der Waals surface area (Å²) in [6.45, 7) is 9.13. The number of carbonyl (C=O) groups excluding carboxylic acids is 3. The van der Waals surface area contributed by atoms with Crippen LogP contribution in [0.25, 0.3) is 0 Å². The van der Waals surface area contributed by atoms with Crippen LogP contribution in [-0.2, 0) is 22.4 Å². The van der Waals surface area contributed by atoms with Crippen LogP contribution in [0.5, 0.6) is 0 Å². The first-order chi connectivity index (χ1) is 16.2. The lowest BCUT2D eigenvalue weighted by molar-refractivity contribution is -0.116. The largest absolute Gasteiger partial charge is 0.449 e. The first-order valence-corrected chi connectivity index (χ1v) is 12.1. The van der Waals surface area contributed by atoms with Gasteiger partial charge in [0.15, 0.2) is 5.78 Å². The van der Waals surface area contributed by atoms with Crippen LogP contribution in [0.4, 0.5) is 10.5 Å². The Morgan fingerprint density at radius 3 is 2.44 bits per heavy atom. The molecule has 0 saturated heterocycles. The molecule has 0 radical (unpaired) electrons. The van der Waals surface area contributed by atoms with E-state index < -0.39 is 0 Å². The van der Waals surface area contributed by atoms with E-state index in [1.807, 2.05) is 51.1 Å². The maximum atomic E-state index is 12.7. The number of ether oxygens (including phenoxy) is 1. The molecular formula is C28H36N2O4. The van der Waals surface area contributed by atoms with Crippen LogP contribution in [0.1, 0.15) is 68.4 Å². The minimum Gasteiger partial charge on any atom is -0.449 e. The molecule has 0 bridgehead atoms. The van der Waals surface area contributed by atoms with Crippen LogP contribution >= 0.6 is 0 Å². The van der Waals surface area contributed by atoms with Crippen LogP contribution < -0.4 is 4.90 Å². The van der Waals surface area contributed by atoms with E-state index in [2.05, 4.69) is 12.1 Å². The van der Waals surface area contributed by atoms with Gasteiger partial charge in [-0.3, -0.25) is 9.59 Å². The summed E-state index contributed by atoms with van der Waals surface area (Å²) in [4.78, 5) is 40.6. The van der Waals surface area contributed by atoms with Gasteiger partial charge in [-0.1, -0.05) is 30.3 Å². The zero-order valence-electron chi connectivity index (χ0n) is 20.8. The minimum atomic E-state index is -0.340. The Morgan fingerprint density at radius 2 is 1.76 bits per heavy atom. The van der Waals surface area contributed by atoms with Gasteiger partial charge in [-0.05, 0) is 75.8 Å². The highest BCUT2D eigenvalue weighted by Gasteiger charge is 2.27. The summed E-state index contributed by atoms with van der Waals surface area (Å²) in [6, 6.07) is 15.7. The Morgan fingerprint density at radius 1 is 1.03 bits per heavy atom. The summed E-state index contributed by atoms with van der Waals surface area (Å²) < 4.78 is 5.54. The third-order valence-electron chi connectivity index (χ3n) is 6.20. The topological polar surface area (TPSA) is 66.9 Å². The fraction of sp³-hybridized carbons (Fsp3) is 0.464. The van der Waals surface area contributed by atoms with Gasteiger partial charge in [0.25, 0.3) is 0 Å². The van der Waals surface area contributed by atoms with Gasteiger partial charge >= 0.3 is 6.09 Å². The van der Waals surface area contributed by atoms with E-state index in [9.17, 15) is 14.4 Å². The van der Waals surface area contributed by atoms with Crippen molar-refractivity contribution in [3.05, 3.63) is 65.2 Å². The van der Waals surface area contributed by atoms with Crippen molar-refractivity contribution >= 4 is 23.5 Å². The molecule has 0 saturated carbocycles. The second-order valence-electron chi connectivity index (χ2n) is 9.82. The van der Waals surface area contributed by atoms with Crippen molar-refractivity contribution in [1.29, 1.82) is 0 Å². The van der Waals surface area contributed by atoms with Crippen LogP contribution in [0.15, 0.2) is 48.5 Å². The molecule has 182 valence electrons. The van der Waals surface area contributed by atoms with Gasteiger partial charge < -0.3 is 14.5 Å². The number of nitrogens with zero attached hydrogens (tertiary/aromatic N) is 2. The molecule has 0 unspecified atom stereocenters. The average molecular weight is 465 g/mol. The molecule has 0 atom stereocenters. The average Bonchev–Trinajstić information content (AvgIpc) is 3.22. The Labute approximate surface area is 202 Å². The van der Waals surface area contributed by atoms with Gasteiger partial charge in [-0.15, -0.1) is 0 Å². The molecule has 1 heterocycles. The number of carbonyl (C=O) groups is 3.